The third-order valence-corrected chi connectivity index (χ3v) is 6.93. The molecular weight excluding hydrogens is 512 g/mol. The van der Waals surface area contributed by atoms with E-state index in [2.05, 4.69) is 20.9 Å². The zero-order valence-corrected chi connectivity index (χ0v) is 23.0. The van der Waals surface area contributed by atoms with Gasteiger partial charge >= 0.3 is 0 Å². The van der Waals surface area contributed by atoms with E-state index in [1.54, 1.807) is 43.5 Å². The van der Waals surface area contributed by atoms with Crippen LogP contribution in [0.15, 0.2) is 54.6 Å². The lowest BCUT2D eigenvalue weighted by Crippen LogP contribution is -2.53. The molecule has 4 N–H and O–H groups in total. The summed E-state index contributed by atoms with van der Waals surface area (Å²) in [6, 6.07) is 14.2. The van der Waals surface area contributed by atoms with E-state index in [9.17, 15) is 19.2 Å². The van der Waals surface area contributed by atoms with Crippen molar-refractivity contribution in [2.45, 2.75) is 45.2 Å². The van der Waals surface area contributed by atoms with E-state index in [1.807, 2.05) is 32.0 Å². The fourth-order valence-electron chi connectivity index (χ4n) is 4.84. The van der Waals surface area contributed by atoms with Crippen molar-refractivity contribution in [2.24, 2.45) is 11.8 Å². The van der Waals surface area contributed by atoms with Gasteiger partial charge in [0, 0.05) is 23.4 Å². The summed E-state index contributed by atoms with van der Waals surface area (Å²) in [6.45, 7) is 4.15. The minimum atomic E-state index is -0.950. The molecule has 1 fully saturated rings. The predicted octanol–water partition coefficient (Wildman–Crippen LogP) is 2.98. The number of ether oxygens (including phenoxy) is 2. The van der Waals surface area contributed by atoms with Gasteiger partial charge in [0.15, 0.2) is 5.78 Å². The molecule has 1 saturated heterocycles. The fourth-order valence-corrected chi connectivity index (χ4v) is 4.84. The van der Waals surface area contributed by atoms with E-state index in [0.717, 1.165) is 10.9 Å². The lowest BCUT2D eigenvalue weighted by Gasteiger charge is -2.25. The molecule has 2 heterocycles. The number of aromatic amines is 1. The van der Waals surface area contributed by atoms with Crippen LogP contribution in [0.25, 0.3) is 10.9 Å². The number of amides is 3. The van der Waals surface area contributed by atoms with Crippen molar-refractivity contribution < 1.29 is 28.7 Å². The maximum absolute atomic E-state index is 13.5. The lowest BCUT2D eigenvalue weighted by molar-refractivity contribution is -0.131. The summed E-state index contributed by atoms with van der Waals surface area (Å²) in [4.78, 5) is 55.3. The standard InChI is InChI=1S/C30H36N4O6/c1-18(2)14-24(34-30(38)25-16-21-22(32-25)10-7-11-27(21)39-3)29(37)33-23(15-19-12-13-31-28(19)36)26(35)17-40-20-8-5-4-6-9-20/h4-11,16,18-19,23-24,32H,12-15,17H2,1-3H3,(H,31,36)(H,33,37)(H,34,38)/t19?,23?,24-/m0/s1. The number of hydrogen-bond donors (Lipinski definition) is 4. The van der Waals surface area contributed by atoms with Gasteiger partial charge in [-0.3, -0.25) is 19.2 Å². The van der Waals surface area contributed by atoms with Crippen LogP contribution >= 0.6 is 0 Å². The van der Waals surface area contributed by atoms with Gasteiger partial charge in [0.1, 0.15) is 29.8 Å². The number of fused-ring (bicyclic) bond motifs is 1. The van der Waals surface area contributed by atoms with Crippen LogP contribution in [-0.2, 0) is 14.4 Å². The van der Waals surface area contributed by atoms with E-state index in [4.69, 9.17) is 9.47 Å². The first-order chi connectivity index (χ1) is 19.2. The summed E-state index contributed by atoms with van der Waals surface area (Å²) in [5, 5.41) is 9.16. The highest BCUT2D eigenvalue weighted by molar-refractivity contribution is 6.02. The zero-order valence-electron chi connectivity index (χ0n) is 23.0. The molecule has 2 unspecified atom stereocenters. The third kappa shape index (κ3) is 7.19. The Balaban J connectivity index is 1.49. The first-order valence-electron chi connectivity index (χ1n) is 13.5. The molecule has 1 aromatic heterocycles. The van der Waals surface area contributed by atoms with Crippen LogP contribution in [0, 0.1) is 11.8 Å². The average Bonchev–Trinajstić information content (AvgIpc) is 3.57. The third-order valence-electron chi connectivity index (χ3n) is 6.93. The normalized spacial score (nSPS) is 16.3. The van der Waals surface area contributed by atoms with Gasteiger partial charge in [0.25, 0.3) is 5.91 Å². The van der Waals surface area contributed by atoms with Crippen LogP contribution in [0.5, 0.6) is 11.5 Å². The number of hydrogen-bond acceptors (Lipinski definition) is 6. The predicted molar refractivity (Wildman–Crippen MR) is 150 cm³/mol. The fraction of sp³-hybridized carbons (Fsp3) is 0.400. The van der Waals surface area contributed by atoms with Gasteiger partial charge in [-0.1, -0.05) is 38.1 Å². The maximum atomic E-state index is 13.5. The number of benzene rings is 2. The molecule has 0 aliphatic carbocycles. The first-order valence-corrected chi connectivity index (χ1v) is 13.5. The molecule has 3 atom stereocenters. The van der Waals surface area contributed by atoms with Crippen molar-refractivity contribution in [1.29, 1.82) is 0 Å². The van der Waals surface area contributed by atoms with Gasteiger partial charge in [-0.25, -0.2) is 0 Å². The van der Waals surface area contributed by atoms with Crippen LogP contribution in [0.4, 0.5) is 0 Å². The second-order valence-electron chi connectivity index (χ2n) is 10.4. The number of Topliss-reactive ketones (excluding diaryl/α,β-unsaturated/α-hetero) is 1. The van der Waals surface area contributed by atoms with Gasteiger partial charge in [-0.2, -0.15) is 0 Å². The number of H-pyrrole nitrogens is 1. The number of aromatic nitrogens is 1. The van der Waals surface area contributed by atoms with Gasteiger partial charge in [0.2, 0.25) is 11.8 Å². The summed E-state index contributed by atoms with van der Waals surface area (Å²) in [5.41, 5.74) is 1.01. The first kappa shape index (κ1) is 28.7. The summed E-state index contributed by atoms with van der Waals surface area (Å²) >= 11 is 0. The molecule has 1 aliphatic rings. The largest absolute Gasteiger partial charge is 0.496 e. The lowest BCUT2D eigenvalue weighted by atomic mass is 9.95. The van der Waals surface area contributed by atoms with Crippen molar-refractivity contribution in [3.63, 3.8) is 0 Å². The molecule has 1 aliphatic heterocycles. The van der Waals surface area contributed by atoms with E-state index in [0.29, 0.717) is 30.9 Å². The van der Waals surface area contributed by atoms with E-state index < -0.39 is 29.8 Å². The highest BCUT2D eigenvalue weighted by Gasteiger charge is 2.33. The number of carbonyl (C=O) groups is 4. The molecule has 2 aromatic carbocycles. The van der Waals surface area contributed by atoms with Gasteiger partial charge in [-0.05, 0) is 55.5 Å². The monoisotopic (exact) mass is 548 g/mol. The van der Waals surface area contributed by atoms with Crippen molar-refractivity contribution in [1.82, 2.24) is 20.9 Å². The Morgan fingerprint density at radius 3 is 2.48 bits per heavy atom. The maximum Gasteiger partial charge on any atom is 0.268 e. The number of methoxy groups -OCH3 is 1. The molecule has 40 heavy (non-hydrogen) atoms. The Morgan fingerprint density at radius 1 is 1.02 bits per heavy atom. The minimum absolute atomic E-state index is 0.0787. The molecule has 4 rings (SSSR count). The number of ketones is 1. The molecule has 0 bridgehead atoms. The Kier molecular flexibility index (Phi) is 9.42. The van der Waals surface area contributed by atoms with Crippen LogP contribution in [0.3, 0.4) is 0 Å². The van der Waals surface area contributed by atoms with Crippen LogP contribution in [0.1, 0.15) is 43.6 Å². The van der Waals surface area contributed by atoms with Crippen LogP contribution < -0.4 is 25.4 Å². The molecule has 3 aromatic rings. The molecule has 3 amide bonds. The number of para-hydroxylation sites is 1. The average molecular weight is 549 g/mol. The van der Waals surface area contributed by atoms with Crippen LogP contribution in [0.2, 0.25) is 0 Å². The highest BCUT2D eigenvalue weighted by atomic mass is 16.5. The van der Waals surface area contributed by atoms with Crippen LogP contribution in [-0.4, -0.2) is 60.8 Å². The Bertz CT molecular complexity index is 1350. The Hall–Kier alpha value is -4.34. The summed E-state index contributed by atoms with van der Waals surface area (Å²) in [7, 11) is 1.56. The molecule has 10 heteroatoms. The van der Waals surface area contributed by atoms with E-state index in [1.165, 1.54) is 0 Å². The molecule has 10 nitrogen and oxygen atoms in total. The topological polar surface area (TPSA) is 139 Å². The van der Waals surface area contributed by atoms with Crippen molar-refractivity contribution >= 4 is 34.4 Å². The second-order valence-corrected chi connectivity index (χ2v) is 10.4. The SMILES string of the molecule is COc1cccc2[nH]c(C(=O)N[C@@H](CC(C)C)C(=O)NC(CC3CCNC3=O)C(=O)COc3ccccc3)cc12. The van der Waals surface area contributed by atoms with Crippen molar-refractivity contribution in [3.8, 4) is 11.5 Å². The second kappa shape index (κ2) is 13.1. The molecule has 0 saturated carbocycles. The summed E-state index contributed by atoms with van der Waals surface area (Å²) < 4.78 is 11.0. The van der Waals surface area contributed by atoms with Gasteiger partial charge in [0.05, 0.1) is 13.2 Å². The molecule has 212 valence electrons. The number of rotatable bonds is 13. The summed E-state index contributed by atoms with van der Waals surface area (Å²) in [6.07, 6.45) is 1.08. The van der Waals surface area contributed by atoms with Crippen molar-refractivity contribution in [3.05, 3.63) is 60.3 Å². The zero-order chi connectivity index (χ0) is 28.6. The number of carbonyl (C=O) groups excluding carboxylic acids is 4. The molecular formula is C30H36N4O6. The minimum Gasteiger partial charge on any atom is -0.496 e. The van der Waals surface area contributed by atoms with E-state index in [-0.39, 0.29) is 36.3 Å². The Morgan fingerprint density at radius 2 is 1.80 bits per heavy atom. The molecule has 0 radical (unpaired) electrons. The van der Waals surface area contributed by atoms with Crippen molar-refractivity contribution in [2.75, 3.05) is 20.3 Å². The molecule has 0 spiro atoms. The van der Waals surface area contributed by atoms with E-state index >= 15 is 0 Å². The quantitative estimate of drug-likeness (QED) is 0.259. The van der Waals surface area contributed by atoms with Gasteiger partial charge in [-0.15, -0.1) is 0 Å². The number of nitrogens with one attached hydrogen (secondary N) is 4. The highest BCUT2D eigenvalue weighted by Crippen LogP contribution is 2.26. The smallest absolute Gasteiger partial charge is 0.268 e. The summed E-state index contributed by atoms with van der Waals surface area (Å²) in [5.74, 6) is -0.609. The Labute approximate surface area is 233 Å². The van der Waals surface area contributed by atoms with Gasteiger partial charge < -0.3 is 30.4 Å².